The number of benzene rings is 1. The molecule has 9 N–H and O–H groups in total. The molecule has 0 saturated carbocycles. The zero-order chi connectivity index (χ0) is 41.4. The number of aliphatic carboxylic acids is 1. The summed E-state index contributed by atoms with van der Waals surface area (Å²) < 4.78 is 0. The van der Waals surface area contributed by atoms with Crippen molar-refractivity contribution in [1.29, 1.82) is 0 Å². The number of hydrogen-bond acceptors (Lipinski definition) is 14. The molecule has 6 atom stereocenters. The van der Waals surface area contributed by atoms with Crippen LogP contribution in [0.4, 0.5) is 0 Å². The average molecular weight is 785 g/mol. The highest BCUT2D eigenvalue weighted by Gasteiger charge is 2.30. The number of rotatable bonds is 25. The van der Waals surface area contributed by atoms with E-state index in [4.69, 9.17) is 10.2 Å². The van der Waals surface area contributed by atoms with E-state index in [1.807, 2.05) is 12.1 Å². The van der Waals surface area contributed by atoms with Crippen molar-refractivity contribution < 1.29 is 54.6 Å². The number of nitrogens with zero attached hydrogens (tertiary/aromatic N) is 3. The maximum Gasteiger partial charge on any atom is 0.303 e. The van der Waals surface area contributed by atoms with Crippen molar-refractivity contribution in [2.45, 2.75) is 115 Å². The number of H-pyrrole nitrogens is 1. The maximum absolute atomic E-state index is 13.1. The molecule has 1 aromatic carbocycles. The van der Waals surface area contributed by atoms with E-state index >= 15 is 0 Å². The van der Waals surface area contributed by atoms with Crippen LogP contribution in [0.3, 0.4) is 0 Å². The molecule has 18 heteroatoms. The summed E-state index contributed by atoms with van der Waals surface area (Å²) >= 11 is 0. The number of carboxylic acid groups (broad SMARTS) is 1. The zero-order valence-electron chi connectivity index (χ0n) is 31.5. The summed E-state index contributed by atoms with van der Waals surface area (Å²) in [6, 6.07) is 6.06. The number of nitrogens with one attached hydrogen (secondary N) is 3. The number of aromatic nitrogens is 4. The first kappa shape index (κ1) is 45.4. The number of carbonyl (C=O) groups is 5. The summed E-state index contributed by atoms with van der Waals surface area (Å²) in [4.78, 5) is 90.0. The fourth-order valence-corrected chi connectivity index (χ4v) is 5.83. The number of amides is 2. The number of carboxylic acids is 1. The Bertz CT molecular complexity index is 1850. The molecule has 3 rings (SSSR count). The van der Waals surface area contributed by atoms with Crippen molar-refractivity contribution in [3.63, 3.8) is 0 Å². The van der Waals surface area contributed by atoms with Gasteiger partial charge in [0.05, 0.1) is 30.6 Å². The number of aromatic amines is 1. The van der Waals surface area contributed by atoms with Crippen LogP contribution < -0.4 is 16.2 Å². The van der Waals surface area contributed by atoms with Gasteiger partial charge in [-0.15, -0.1) is 0 Å². The molecule has 0 radical (unpaired) electrons. The Morgan fingerprint density at radius 2 is 1.52 bits per heavy atom. The van der Waals surface area contributed by atoms with Crippen LogP contribution in [-0.4, -0.2) is 124 Å². The van der Waals surface area contributed by atoms with Gasteiger partial charge in [0.2, 0.25) is 11.8 Å². The van der Waals surface area contributed by atoms with Gasteiger partial charge in [0.25, 0.3) is 5.56 Å². The summed E-state index contributed by atoms with van der Waals surface area (Å²) in [5.74, 6) is -2.48. The lowest BCUT2D eigenvalue weighted by Crippen LogP contribution is -2.49. The molecule has 2 amide bonds. The lowest BCUT2D eigenvalue weighted by Gasteiger charge is -2.25. The molecule has 306 valence electrons. The molecule has 0 fully saturated rings. The topological polar surface area (TPSA) is 302 Å². The number of hydrogen-bond donors (Lipinski definition) is 9. The van der Waals surface area contributed by atoms with Crippen molar-refractivity contribution in [2.75, 3.05) is 13.2 Å². The quantitative estimate of drug-likeness (QED) is 0.0398. The van der Waals surface area contributed by atoms with E-state index in [-0.39, 0.29) is 73.4 Å². The van der Waals surface area contributed by atoms with Crippen LogP contribution >= 0.6 is 0 Å². The van der Waals surface area contributed by atoms with Crippen LogP contribution in [0.15, 0.2) is 35.3 Å². The van der Waals surface area contributed by atoms with Gasteiger partial charge in [-0.05, 0) is 56.9 Å². The number of aryl methyl sites for hydroxylation is 3. The van der Waals surface area contributed by atoms with E-state index in [0.717, 1.165) is 5.56 Å². The molecule has 0 saturated heterocycles. The lowest BCUT2D eigenvalue weighted by molar-refractivity contribution is -0.137. The first-order chi connectivity index (χ1) is 26.6. The molecular weight excluding hydrogens is 732 g/mol. The molecule has 0 spiro atoms. The second-order valence-corrected chi connectivity index (χ2v) is 14.0. The SMILES string of the molecule is Cc1nc2ncc(CCc3ccc(C(=O)CCCCC(=O)N[C@@H](CCC(=O)NC[C@H](O)[C@@H](O)[C@H](O)[C@H](O)CO)C(=O)C[C@H](C)CCC(=O)O)cc3)nc2c(=O)[nH]1. The van der Waals surface area contributed by atoms with Gasteiger partial charge in [0.1, 0.15) is 24.1 Å². The number of fused-ring (bicyclic) bond motifs is 1. The largest absolute Gasteiger partial charge is 0.481 e. The molecule has 0 bridgehead atoms. The third-order valence-electron chi connectivity index (χ3n) is 9.21. The molecule has 0 aliphatic rings. The highest BCUT2D eigenvalue weighted by molar-refractivity contribution is 5.96. The highest BCUT2D eigenvalue weighted by Crippen LogP contribution is 2.16. The molecular formula is C38H52N6O12. The minimum Gasteiger partial charge on any atom is -0.481 e. The van der Waals surface area contributed by atoms with Gasteiger partial charge >= 0.3 is 5.97 Å². The van der Waals surface area contributed by atoms with Crippen molar-refractivity contribution in [3.05, 3.63) is 63.5 Å². The Morgan fingerprint density at radius 3 is 2.20 bits per heavy atom. The van der Waals surface area contributed by atoms with Crippen molar-refractivity contribution in [2.24, 2.45) is 5.92 Å². The number of carbonyl (C=O) groups excluding carboxylic acids is 4. The minimum atomic E-state index is -1.87. The molecule has 56 heavy (non-hydrogen) atoms. The fraction of sp³-hybridized carbons (Fsp3) is 0.553. The molecule has 18 nitrogen and oxygen atoms in total. The summed E-state index contributed by atoms with van der Waals surface area (Å²) in [5.41, 5.74) is 2.21. The summed E-state index contributed by atoms with van der Waals surface area (Å²) in [6.45, 7) is 1.99. The van der Waals surface area contributed by atoms with Crippen LogP contribution in [0.5, 0.6) is 0 Å². The van der Waals surface area contributed by atoms with Gasteiger partial charge in [-0.25, -0.2) is 15.0 Å². The third kappa shape index (κ3) is 14.9. The third-order valence-corrected chi connectivity index (χ3v) is 9.21. The van der Waals surface area contributed by atoms with Gasteiger partial charge in [-0.3, -0.25) is 28.8 Å². The van der Waals surface area contributed by atoms with Crippen LogP contribution in [0.25, 0.3) is 11.2 Å². The smallest absolute Gasteiger partial charge is 0.303 e. The summed E-state index contributed by atoms with van der Waals surface area (Å²) in [6.07, 6.45) is -3.84. The first-order valence-corrected chi connectivity index (χ1v) is 18.6. The van der Waals surface area contributed by atoms with Crippen LogP contribution in [0, 0.1) is 12.8 Å². The number of aliphatic hydroxyl groups excluding tert-OH is 5. The summed E-state index contributed by atoms with van der Waals surface area (Å²) in [7, 11) is 0. The van der Waals surface area contributed by atoms with E-state index in [1.54, 1.807) is 32.2 Å². The normalized spacial score (nSPS) is 14.6. The fourth-order valence-electron chi connectivity index (χ4n) is 5.83. The van der Waals surface area contributed by atoms with Crippen LogP contribution in [0.1, 0.15) is 92.2 Å². The number of ketones is 2. The van der Waals surface area contributed by atoms with Crippen molar-refractivity contribution in [1.82, 2.24) is 30.6 Å². The Labute approximate surface area is 322 Å². The number of Topliss-reactive ketones (excluding diaryl/α,β-unsaturated/α-hetero) is 2. The van der Waals surface area contributed by atoms with Crippen molar-refractivity contribution in [3.8, 4) is 0 Å². The predicted molar refractivity (Wildman–Crippen MR) is 200 cm³/mol. The molecule has 2 aromatic heterocycles. The van der Waals surface area contributed by atoms with E-state index < -0.39 is 67.2 Å². The van der Waals surface area contributed by atoms with Gasteiger partial charge < -0.3 is 46.3 Å². The number of unbranched alkanes of at least 4 members (excludes halogenated alkanes) is 1. The van der Waals surface area contributed by atoms with Gasteiger partial charge in [0, 0.05) is 44.2 Å². The Hall–Kier alpha value is -5.01. The van der Waals surface area contributed by atoms with Crippen molar-refractivity contribution >= 4 is 40.5 Å². The monoisotopic (exact) mass is 784 g/mol. The van der Waals surface area contributed by atoms with Crippen LogP contribution in [-0.2, 0) is 32.0 Å². The van der Waals surface area contributed by atoms with Gasteiger partial charge in [-0.2, -0.15) is 0 Å². The lowest BCUT2D eigenvalue weighted by atomic mass is 9.94. The van der Waals surface area contributed by atoms with Gasteiger partial charge in [-0.1, -0.05) is 31.2 Å². The van der Waals surface area contributed by atoms with E-state index in [1.165, 1.54) is 0 Å². The Kier molecular flexibility index (Phi) is 18.2. The number of aliphatic hydroxyl groups is 5. The second-order valence-electron chi connectivity index (χ2n) is 14.0. The molecule has 2 heterocycles. The van der Waals surface area contributed by atoms with Gasteiger partial charge in [0.15, 0.2) is 22.7 Å². The zero-order valence-corrected chi connectivity index (χ0v) is 31.5. The molecule has 0 aliphatic carbocycles. The van der Waals surface area contributed by atoms with Crippen LogP contribution in [0.2, 0.25) is 0 Å². The average Bonchev–Trinajstić information content (AvgIpc) is 3.17. The van der Waals surface area contributed by atoms with E-state index in [0.29, 0.717) is 42.8 Å². The Balaban J connectivity index is 1.46. The van der Waals surface area contributed by atoms with E-state index in [2.05, 4.69) is 30.6 Å². The minimum absolute atomic E-state index is 0.00205. The maximum atomic E-state index is 13.1. The standard InChI is InChI=1S/C38H52N6O12/c1-21(7-16-33(52)53)17-28(47)26(14-15-31(50)39-19-29(48)35(54)36(55)30(49)20-45)44-32(51)6-4-3-5-27(46)24-11-8-23(9-12-24)10-13-25-18-40-37-34(43-25)38(56)42-22(2)41-37/h8-9,11-12,18,21,26,29-30,35-36,45,48-49,54-55H,3-7,10,13-17,19-20H2,1-2H3,(H,39,50)(H,44,51)(H,52,53)(H,40,41,42,56)/t21-,26+,29+,30-,35-,36-/m1/s1. The summed E-state index contributed by atoms with van der Waals surface area (Å²) in [5, 5.41) is 62.1. The molecule has 3 aromatic rings. The first-order valence-electron chi connectivity index (χ1n) is 18.6. The molecule has 0 aliphatic heterocycles. The second kappa shape index (κ2) is 22.5. The highest BCUT2D eigenvalue weighted by atomic mass is 16.4. The van der Waals surface area contributed by atoms with E-state index in [9.17, 15) is 49.2 Å². The molecule has 0 unspecified atom stereocenters. The Morgan fingerprint density at radius 1 is 0.839 bits per heavy atom. The predicted octanol–water partition coefficient (Wildman–Crippen LogP) is -0.173.